The molecule has 2 bridgehead atoms. The largest absolute Gasteiger partial charge is 0.352 e. The van der Waals surface area contributed by atoms with E-state index in [9.17, 15) is 4.79 Å². The highest BCUT2D eigenvalue weighted by Gasteiger charge is 2.39. The first-order valence-electron chi connectivity index (χ1n) is 7.53. The smallest absolute Gasteiger partial charge is 0.220 e. The third-order valence-electron chi connectivity index (χ3n) is 4.90. The predicted molar refractivity (Wildman–Crippen MR) is 76.6 cm³/mol. The molecule has 1 aromatic carbocycles. The molecular formula is C17H23NO. The lowest BCUT2D eigenvalue weighted by Gasteiger charge is -2.20. The summed E-state index contributed by atoms with van der Waals surface area (Å²) in [6.45, 7) is 2.75. The van der Waals surface area contributed by atoms with Gasteiger partial charge in [-0.25, -0.2) is 0 Å². The van der Waals surface area contributed by atoms with Crippen molar-refractivity contribution in [2.24, 2.45) is 17.8 Å². The summed E-state index contributed by atoms with van der Waals surface area (Å²) in [4.78, 5) is 12.0. The first-order valence-corrected chi connectivity index (χ1v) is 7.53. The lowest BCUT2D eigenvalue weighted by atomic mass is 9.86. The Morgan fingerprint density at radius 3 is 2.89 bits per heavy atom. The van der Waals surface area contributed by atoms with Crippen LogP contribution in [0.2, 0.25) is 0 Å². The standard InChI is InChI=1S/C17H23NO/c1-12-3-2-4-14(7-12)11-18-17(19)10-16-9-13-5-6-15(16)8-13/h2-4,7,13,15-16H,5-6,8-11H2,1H3,(H,18,19). The Bertz CT molecular complexity index is 468. The molecule has 2 heteroatoms. The zero-order chi connectivity index (χ0) is 13.2. The van der Waals surface area contributed by atoms with Crippen LogP contribution in [0, 0.1) is 24.7 Å². The molecule has 2 fully saturated rings. The number of benzene rings is 1. The summed E-state index contributed by atoms with van der Waals surface area (Å²) in [6.07, 6.45) is 6.19. The van der Waals surface area contributed by atoms with E-state index in [2.05, 4.69) is 30.4 Å². The maximum atomic E-state index is 12.0. The minimum atomic E-state index is 0.235. The lowest BCUT2D eigenvalue weighted by Crippen LogP contribution is -2.26. The molecular weight excluding hydrogens is 234 g/mol. The van der Waals surface area contributed by atoms with Crippen LogP contribution in [-0.4, -0.2) is 5.91 Å². The molecule has 3 unspecified atom stereocenters. The van der Waals surface area contributed by atoms with Crippen LogP contribution in [0.1, 0.15) is 43.2 Å². The molecule has 0 saturated heterocycles. The number of hydrogen-bond donors (Lipinski definition) is 1. The molecule has 1 amide bonds. The SMILES string of the molecule is Cc1cccc(CNC(=O)CC2CC3CCC2C3)c1. The summed E-state index contributed by atoms with van der Waals surface area (Å²) in [5.41, 5.74) is 2.45. The third-order valence-corrected chi connectivity index (χ3v) is 4.90. The van der Waals surface area contributed by atoms with E-state index in [-0.39, 0.29) is 5.91 Å². The van der Waals surface area contributed by atoms with Gasteiger partial charge in [-0.1, -0.05) is 36.2 Å². The maximum Gasteiger partial charge on any atom is 0.220 e. The summed E-state index contributed by atoms with van der Waals surface area (Å²) < 4.78 is 0. The summed E-state index contributed by atoms with van der Waals surface area (Å²) in [5.74, 6) is 2.67. The number of aryl methyl sites for hydroxylation is 1. The van der Waals surface area contributed by atoms with Crippen LogP contribution in [0.25, 0.3) is 0 Å². The van der Waals surface area contributed by atoms with Gasteiger partial charge in [0.2, 0.25) is 5.91 Å². The Morgan fingerprint density at radius 2 is 2.21 bits per heavy atom. The van der Waals surface area contributed by atoms with E-state index >= 15 is 0 Å². The van der Waals surface area contributed by atoms with Gasteiger partial charge in [0, 0.05) is 13.0 Å². The van der Waals surface area contributed by atoms with Gasteiger partial charge in [0.15, 0.2) is 0 Å². The van der Waals surface area contributed by atoms with E-state index in [1.807, 2.05) is 6.07 Å². The number of rotatable bonds is 4. The molecule has 2 aliphatic carbocycles. The summed E-state index contributed by atoms with van der Waals surface area (Å²) >= 11 is 0. The molecule has 2 aliphatic rings. The van der Waals surface area contributed by atoms with Gasteiger partial charge < -0.3 is 5.32 Å². The number of carbonyl (C=O) groups excluding carboxylic acids is 1. The quantitative estimate of drug-likeness (QED) is 0.879. The molecule has 0 aromatic heterocycles. The molecule has 2 saturated carbocycles. The second kappa shape index (κ2) is 5.36. The normalized spacial score (nSPS) is 28.6. The Kier molecular flexibility index (Phi) is 3.58. The monoisotopic (exact) mass is 257 g/mol. The van der Waals surface area contributed by atoms with Crippen molar-refractivity contribution in [3.05, 3.63) is 35.4 Å². The fourth-order valence-corrected chi connectivity index (χ4v) is 3.96. The Morgan fingerprint density at radius 1 is 1.32 bits per heavy atom. The molecule has 3 atom stereocenters. The van der Waals surface area contributed by atoms with Crippen LogP contribution in [0.3, 0.4) is 0 Å². The highest BCUT2D eigenvalue weighted by Crippen LogP contribution is 2.49. The van der Waals surface area contributed by atoms with E-state index < -0.39 is 0 Å². The van der Waals surface area contributed by atoms with Crippen molar-refractivity contribution in [1.29, 1.82) is 0 Å². The number of hydrogen-bond acceptors (Lipinski definition) is 1. The molecule has 0 heterocycles. The van der Waals surface area contributed by atoms with Crippen molar-refractivity contribution in [3.8, 4) is 0 Å². The van der Waals surface area contributed by atoms with Gasteiger partial charge in [0.1, 0.15) is 0 Å². The van der Waals surface area contributed by atoms with Crippen molar-refractivity contribution in [1.82, 2.24) is 5.32 Å². The summed E-state index contributed by atoms with van der Waals surface area (Å²) in [6, 6.07) is 8.34. The second-order valence-corrected chi connectivity index (χ2v) is 6.40. The molecule has 19 heavy (non-hydrogen) atoms. The van der Waals surface area contributed by atoms with Gasteiger partial charge in [-0.05, 0) is 49.5 Å². The highest BCUT2D eigenvalue weighted by molar-refractivity contribution is 5.76. The minimum Gasteiger partial charge on any atom is -0.352 e. The number of carbonyl (C=O) groups is 1. The molecule has 0 radical (unpaired) electrons. The fraction of sp³-hybridized carbons (Fsp3) is 0.588. The van der Waals surface area contributed by atoms with Crippen molar-refractivity contribution in [3.63, 3.8) is 0 Å². The van der Waals surface area contributed by atoms with Crippen molar-refractivity contribution < 1.29 is 4.79 Å². The molecule has 0 spiro atoms. The van der Waals surface area contributed by atoms with Crippen LogP contribution in [0.4, 0.5) is 0 Å². The zero-order valence-corrected chi connectivity index (χ0v) is 11.7. The summed E-state index contributed by atoms with van der Waals surface area (Å²) in [7, 11) is 0. The van der Waals surface area contributed by atoms with Crippen LogP contribution in [-0.2, 0) is 11.3 Å². The van der Waals surface area contributed by atoms with E-state index in [1.54, 1.807) is 0 Å². The molecule has 1 N–H and O–H groups in total. The van der Waals surface area contributed by atoms with Gasteiger partial charge in [0.05, 0.1) is 0 Å². The fourth-order valence-electron chi connectivity index (χ4n) is 3.96. The molecule has 2 nitrogen and oxygen atoms in total. The van der Waals surface area contributed by atoms with Crippen LogP contribution >= 0.6 is 0 Å². The molecule has 3 rings (SSSR count). The van der Waals surface area contributed by atoms with Gasteiger partial charge in [-0.2, -0.15) is 0 Å². The van der Waals surface area contributed by atoms with Gasteiger partial charge in [-0.3, -0.25) is 4.79 Å². The van der Waals surface area contributed by atoms with Crippen molar-refractivity contribution in [2.45, 2.75) is 45.6 Å². The van der Waals surface area contributed by atoms with Crippen LogP contribution < -0.4 is 5.32 Å². The van der Waals surface area contributed by atoms with E-state index in [0.717, 1.165) is 18.3 Å². The second-order valence-electron chi connectivity index (χ2n) is 6.40. The minimum absolute atomic E-state index is 0.235. The van der Waals surface area contributed by atoms with Gasteiger partial charge in [0.25, 0.3) is 0 Å². The first-order chi connectivity index (χ1) is 9.20. The molecule has 1 aromatic rings. The van der Waals surface area contributed by atoms with Crippen molar-refractivity contribution >= 4 is 5.91 Å². The average molecular weight is 257 g/mol. The number of amides is 1. The molecule has 0 aliphatic heterocycles. The zero-order valence-electron chi connectivity index (χ0n) is 11.7. The van der Waals surface area contributed by atoms with Crippen LogP contribution in [0.15, 0.2) is 24.3 Å². The average Bonchev–Trinajstić information content (AvgIpc) is 2.99. The summed E-state index contributed by atoms with van der Waals surface area (Å²) in [5, 5.41) is 3.07. The van der Waals surface area contributed by atoms with Gasteiger partial charge in [-0.15, -0.1) is 0 Å². The Hall–Kier alpha value is -1.31. The molecule has 102 valence electrons. The first kappa shape index (κ1) is 12.7. The topological polar surface area (TPSA) is 29.1 Å². The Balaban J connectivity index is 1.47. The van der Waals surface area contributed by atoms with Crippen molar-refractivity contribution in [2.75, 3.05) is 0 Å². The maximum absolute atomic E-state index is 12.0. The highest BCUT2D eigenvalue weighted by atomic mass is 16.1. The van der Waals surface area contributed by atoms with E-state index in [4.69, 9.17) is 0 Å². The lowest BCUT2D eigenvalue weighted by molar-refractivity contribution is -0.122. The number of nitrogens with one attached hydrogen (secondary N) is 1. The van der Waals surface area contributed by atoms with E-state index in [0.29, 0.717) is 12.5 Å². The van der Waals surface area contributed by atoms with Gasteiger partial charge >= 0.3 is 0 Å². The van der Waals surface area contributed by atoms with Crippen LogP contribution in [0.5, 0.6) is 0 Å². The Labute approximate surface area is 115 Å². The van der Waals surface area contributed by atoms with E-state index in [1.165, 1.54) is 36.8 Å². The predicted octanol–water partition coefficient (Wildman–Crippen LogP) is 3.44. The third kappa shape index (κ3) is 2.99. The number of fused-ring (bicyclic) bond motifs is 2.